The van der Waals surface area contributed by atoms with Crippen LogP contribution in [-0.4, -0.2) is 32.8 Å². The highest BCUT2D eigenvalue weighted by atomic mass is 32.3. The Kier molecular flexibility index (Phi) is 29.3. The molecule has 0 aliphatic carbocycles. The third kappa shape index (κ3) is 37.6. The second kappa shape index (κ2) is 24.8. The van der Waals surface area contributed by atoms with Gasteiger partial charge in [-0.15, -0.1) is 13.2 Å². The van der Waals surface area contributed by atoms with Gasteiger partial charge in [-0.1, -0.05) is 64.7 Å². The summed E-state index contributed by atoms with van der Waals surface area (Å²) < 4.78 is 37.8. The lowest BCUT2D eigenvalue weighted by Gasteiger charge is -2.02. The van der Waals surface area contributed by atoms with Crippen molar-refractivity contribution >= 4 is 10.4 Å². The van der Waals surface area contributed by atoms with E-state index in [1.165, 1.54) is 44.9 Å². The van der Waals surface area contributed by atoms with Crippen molar-refractivity contribution in [3.05, 3.63) is 13.2 Å². The Morgan fingerprint density at radius 1 is 0.750 bits per heavy atom. The predicted molar refractivity (Wildman–Crippen MR) is 103 cm³/mol. The zero-order chi connectivity index (χ0) is 19.1. The molecule has 0 radical (unpaired) electrons. The first-order chi connectivity index (χ1) is 11.5. The summed E-state index contributed by atoms with van der Waals surface area (Å²) in [5.74, 6) is 0. The molecular formula is C18H40O5S. The Morgan fingerprint density at radius 2 is 1.12 bits per heavy atom. The highest BCUT2D eigenvalue weighted by Crippen LogP contribution is 2.10. The Hall–Kier alpha value is -0.430. The van der Waals surface area contributed by atoms with Crippen LogP contribution >= 0.6 is 0 Å². The molecule has 0 aliphatic rings. The smallest absolute Gasteiger partial charge is 0.382 e. The van der Waals surface area contributed by atoms with E-state index in [4.69, 9.17) is 9.29 Å². The number of ether oxygens (including phenoxy) is 1. The quantitative estimate of drug-likeness (QED) is 0.246. The molecule has 5 nitrogen and oxygen atoms in total. The third-order valence-electron chi connectivity index (χ3n) is 3.14. The van der Waals surface area contributed by atoms with Crippen molar-refractivity contribution in [3.63, 3.8) is 0 Å². The lowest BCUT2D eigenvalue weighted by atomic mass is 10.1. The largest absolute Gasteiger partial charge is 0.397 e. The first-order valence-electron chi connectivity index (χ1n) is 9.17. The molecule has 0 spiro atoms. The molecule has 0 saturated heterocycles. The number of rotatable bonds is 14. The van der Waals surface area contributed by atoms with Crippen molar-refractivity contribution in [1.29, 1.82) is 0 Å². The Balaban J connectivity index is -0.000000534. The van der Waals surface area contributed by atoms with E-state index in [0.29, 0.717) is 6.42 Å². The van der Waals surface area contributed by atoms with Crippen molar-refractivity contribution in [1.82, 2.24) is 0 Å². The van der Waals surface area contributed by atoms with Crippen molar-refractivity contribution in [2.75, 3.05) is 19.8 Å². The van der Waals surface area contributed by atoms with E-state index in [-0.39, 0.29) is 6.61 Å². The lowest BCUT2D eigenvalue weighted by molar-refractivity contribution is 0.162. The predicted octanol–water partition coefficient (Wildman–Crippen LogP) is 5.57. The van der Waals surface area contributed by atoms with Gasteiger partial charge in [0.2, 0.25) is 0 Å². The van der Waals surface area contributed by atoms with Gasteiger partial charge < -0.3 is 4.74 Å². The zero-order valence-corrected chi connectivity index (χ0v) is 16.9. The van der Waals surface area contributed by atoms with E-state index >= 15 is 0 Å². The molecule has 0 aliphatic heterocycles. The van der Waals surface area contributed by atoms with Gasteiger partial charge in [-0.2, -0.15) is 8.42 Å². The summed E-state index contributed by atoms with van der Waals surface area (Å²) in [7, 11) is -4.23. The average Bonchev–Trinajstić information content (AvgIpc) is 2.55. The molecule has 148 valence electrons. The molecule has 0 atom stereocenters. The van der Waals surface area contributed by atoms with Gasteiger partial charge in [-0.25, -0.2) is 4.18 Å². The summed E-state index contributed by atoms with van der Waals surface area (Å²) in [5, 5.41) is 0. The number of hydrogen-bond acceptors (Lipinski definition) is 4. The summed E-state index contributed by atoms with van der Waals surface area (Å²) in [5.41, 5.74) is 0. The molecule has 0 bridgehead atoms. The van der Waals surface area contributed by atoms with Crippen LogP contribution in [0.15, 0.2) is 13.2 Å². The summed E-state index contributed by atoms with van der Waals surface area (Å²) in [6, 6.07) is 0. The van der Waals surface area contributed by atoms with Crippen LogP contribution in [0.5, 0.6) is 0 Å². The highest BCUT2D eigenvalue weighted by Gasteiger charge is 2.02. The van der Waals surface area contributed by atoms with Crippen LogP contribution in [0, 0.1) is 0 Å². The van der Waals surface area contributed by atoms with Crippen LogP contribution in [0.1, 0.15) is 85.0 Å². The van der Waals surface area contributed by atoms with Crippen LogP contribution in [0.4, 0.5) is 0 Å². The monoisotopic (exact) mass is 368 g/mol. The van der Waals surface area contributed by atoms with E-state index in [1.807, 2.05) is 13.8 Å². The molecule has 0 aromatic carbocycles. The molecule has 6 heteroatoms. The van der Waals surface area contributed by atoms with Crippen molar-refractivity contribution in [3.8, 4) is 0 Å². The molecule has 0 saturated carbocycles. The Bertz CT molecular complexity index is 303. The normalized spacial score (nSPS) is 10.3. The summed E-state index contributed by atoms with van der Waals surface area (Å²) in [6.07, 6.45) is 11.9. The molecule has 1 N–H and O–H groups in total. The zero-order valence-electron chi connectivity index (χ0n) is 16.1. The average molecular weight is 369 g/mol. The van der Waals surface area contributed by atoms with Crippen LogP contribution in [0.3, 0.4) is 0 Å². The minimum Gasteiger partial charge on any atom is -0.382 e. The first kappa shape index (κ1) is 28.4. The van der Waals surface area contributed by atoms with Gasteiger partial charge in [-0.3, -0.25) is 4.55 Å². The van der Waals surface area contributed by atoms with E-state index in [0.717, 1.165) is 26.1 Å². The fourth-order valence-electron chi connectivity index (χ4n) is 1.96. The van der Waals surface area contributed by atoms with E-state index < -0.39 is 10.4 Å². The van der Waals surface area contributed by atoms with Gasteiger partial charge in [0.25, 0.3) is 0 Å². The second-order valence-electron chi connectivity index (χ2n) is 5.21. The maximum atomic E-state index is 10.2. The number of unbranched alkanes of at least 4 members (excludes halogenated alkanes) is 9. The molecule has 0 amide bonds. The van der Waals surface area contributed by atoms with Crippen LogP contribution in [0.25, 0.3) is 0 Å². The maximum absolute atomic E-state index is 10.2. The van der Waals surface area contributed by atoms with Gasteiger partial charge in [-0.05, 0) is 20.3 Å². The minimum absolute atomic E-state index is 0.0926. The van der Waals surface area contributed by atoms with Crippen LogP contribution in [0.2, 0.25) is 0 Å². The lowest BCUT2D eigenvalue weighted by Crippen LogP contribution is -2.04. The molecule has 0 heterocycles. The molecule has 24 heavy (non-hydrogen) atoms. The Labute approximate surface area is 150 Å². The Morgan fingerprint density at radius 3 is 1.42 bits per heavy atom. The summed E-state index contributed by atoms with van der Waals surface area (Å²) in [4.78, 5) is 0. The maximum Gasteiger partial charge on any atom is 0.397 e. The minimum atomic E-state index is -4.23. The first-order valence-corrected chi connectivity index (χ1v) is 10.5. The fraction of sp³-hybridized carbons (Fsp3) is 0.889. The highest BCUT2D eigenvalue weighted by molar-refractivity contribution is 7.80. The van der Waals surface area contributed by atoms with Crippen molar-refractivity contribution < 1.29 is 21.9 Å². The van der Waals surface area contributed by atoms with Gasteiger partial charge in [0.05, 0.1) is 6.61 Å². The molecule has 0 rings (SSSR count). The summed E-state index contributed by atoms with van der Waals surface area (Å²) >= 11 is 0. The molecular weight excluding hydrogens is 328 g/mol. The fourth-order valence-corrected chi connectivity index (χ4v) is 2.29. The standard InChI is InChI=1S/C12H26O4S.C4H10O.C2H4/c1-2-3-4-5-6-7-8-9-10-11-12-16-17(13,14)15;1-3-5-4-2;1-2/h2-12H2,1H3,(H,13,14,15);3-4H2,1-2H3;1-2H2. The van der Waals surface area contributed by atoms with Crippen LogP contribution in [-0.2, 0) is 19.3 Å². The van der Waals surface area contributed by atoms with Gasteiger partial charge >= 0.3 is 10.4 Å². The van der Waals surface area contributed by atoms with Crippen molar-refractivity contribution in [2.45, 2.75) is 85.0 Å². The second-order valence-corrected chi connectivity index (χ2v) is 6.30. The molecule has 0 aromatic rings. The van der Waals surface area contributed by atoms with Crippen molar-refractivity contribution in [2.24, 2.45) is 0 Å². The number of hydrogen-bond donors (Lipinski definition) is 1. The van der Waals surface area contributed by atoms with E-state index in [9.17, 15) is 8.42 Å². The van der Waals surface area contributed by atoms with E-state index in [2.05, 4.69) is 24.3 Å². The topological polar surface area (TPSA) is 72.8 Å². The van der Waals surface area contributed by atoms with Gasteiger partial charge in [0.1, 0.15) is 0 Å². The van der Waals surface area contributed by atoms with Crippen LogP contribution < -0.4 is 0 Å². The molecule has 0 unspecified atom stereocenters. The SMILES string of the molecule is C=C.CCCCCCCCCCCCOS(=O)(=O)O.CCOCC. The third-order valence-corrected chi connectivity index (χ3v) is 3.60. The molecule has 0 fully saturated rings. The van der Waals surface area contributed by atoms with E-state index in [1.54, 1.807) is 0 Å². The van der Waals surface area contributed by atoms with Gasteiger partial charge in [0.15, 0.2) is 0 Å². The van der Waals surface area contributed by atoms with Gasteiger partial charge in [0, 0.05) is 13.2 Å². The molecule has 0 aromatic heterocycles. The summed E-state index contributed by atoms with van der Waals surface area (Å²) in [6.45, 7) is 14.0.